The molecule has 0 radical (unpaired) electrons. The van der Waals surface area contributed by atoms with Crippen molar-refractivity contribution in [2.24, 2.45) is 0 Å². The van der Waals surface area contributed by atoms with Gasteiger partial charge in [0.15, 0.2) is 16.6 Å². The molecule has 0 aliphatic rings. The van der Waals surface area contributed by atoms with E-state index in [-0.39, 0.29) is 11.6 Å². The molecule has 3 N–H and O–H groups in total. The van der Waals surface area contributed by atoms with Crippen molar-refractivity contribution in [2.45, 2.75) is 24.0 Å². The highest BCUT2D eigenvalue weighted by Gasteiger charge is 2.19. The molecule has 0 spiro atoms. The fourth-order valence-corrected chi connectivity index (χ4v) is 6.41. The minimum absolute atomic E-state index is 0.00256. The molecule has 0 aliphatic heterocycles. The predicted octanol–water partition coefficient (Wildman–Crippen LogP) is 7.15. The summed E-state index contributed by atoms with van der Waals surface area (Å²) < 4.78 is 11.9. The van der Waals surface area contributed by atoms with Gasteiger partial charge in [-0.05, 0) is 74.0 Å². The third-order valence-corrected chi connectivity index (χ3v) is 8.84. The van der Waals surface area contributed by atoms with Gasteiger partial charge in [-0.3, -0.25) is 14.4 Å². The Morgan fingerprint density at radius 3 is 2.43 bits per heavy atom. The van der Waals surface area contributed by atoms with Crippen molar-refractivity contribution in [1.82, 2.24) is 10.3 Å². The highest BCUT2D eigenvalue weighted by Crippen LogP contribution is 2.33. The van der Waals surface area contributed by atoms with Gasteiger partial charge in [0, 0.05) is 21.7 Å². The number of amides is 3. The van der Waals surface area contributed by atoms with Crippen LogP contribution >= 0.6 is 23.1 Å². The van der Waals surface area contributed by atoms with Gasteiger partial charge in [-0.25, -0.2) is 4.98 Å². The van der Waals surface area contributed by atoms with Crippen LogP contribution in [0.15, 0.2) is 102 Å². The molecule has 9 nitrogen and oxygen atoms in total. The van der Waals surface area contributed by atoms with Crippen molar-refractivity contribution in [3.05, 3.63) is 113 Å². The lowest BCUT2D eigenvalue weighted by molar-refractivity contribution is -0.115. The summed E-state index contributed by atoms with van der Waals surface area (Å²) in [7, 11) is 3.02. The Bertz CT molecular complexity index is 1920. The zero-order chi connectivity index (χ0) is 32.6. The number of fused-ring (bicyclic) bond motifs is 1. The van der Waals surface area contributed by atoms with Crippen molar-refractivity contribution in [1.29, 1.82) is 0 Å². The van der Waals surface area contributed by atoms with Crippen LogP contribution in [0.1, 0.15) is 28.4 Å². The van der Waals surface area contributed by atoms with Crippen LogP contribution in [-0.2, 0) is 9.59 Å². The molecule has 3 amide bonds. The molecule has 5 aromatic rings. The number of carbonyl (C=O) groups excluding carboxylic acids is 3. The second-order valence-corrected chi connectivity index (χ2v) is 12.6. The summed E-state index contributed by atoms with van der Waals surface area (Å²) in [4.78, 5) is 45.0. The monoisotopic (exact) mass is 652 g/mol. The fraction of sp³-hybridized carbons (Fsp3) is 0.143. The number of benzene rings is 4. The van der Waals surface area contributed by atoms with Crippen LogP contribution in [-0.4, -0.2) is 42.2 Å². The van der Waals surface area contributed by atoms with Gasteiger partial charge in [0.05, 0.1) is 29.7 Å². The molecule has 1 unspecified atom stereocenters. The molecule has 0 fully saturated rings. The van der Waals surface area contributed by atoms with E-state index in [0.717, 1.165) is 20.7 Å². The molecule has 0 bridgehead atoms. The molecule has 11 heteroatoms. The lowest BCUT2D eigenvalue weighted by Gasteiger charge is -2.15. The molecule has 0 saturated carbocycles. The van der Waals surface area contributed by atoms with Gasteiger partial charge in [-0.2, -0.15) is 0 Å². The summed E-state index contributed by atoms with van der Waals surface area (Å²) in [5, 5.41) is 8.63. The smallest absolute Gasteiger partial charge is 0.272 e. The number of nitrogens with zero attached hydrogens (tertiary/aromatic N) is 1. The van der Waals surface area contributed by atoms with Gasteiger partial charge in [-0.1, -0.05) is 53.8 Å². The zero-order valence-electron chi connectivity index (χ0n) is 25.6. The maximum atomic E-state index is 13.6. The van der Waals surface area contributed by atoms with Gasteiger partial charge in [0.25, 0.3) is 11.8 Å². The Morgan fingerprint density at radius 2 is 1.67 bits per heavy atom. The first-order valence-corrected chi connectivity index (χ1v) is 16.0. The van der Waals surface area contributed by atoms with E-state index in [4.69, 9.17) is 9.47 Å². The van der Waals surface area contributed by atoms with Crippen LogP contribution < -0.4 is 25.4 Å². The second-order valence-electron chi connectivity index (χ2n) is 10.2. The fourth-order valence-electron chi connectivity index (χ4n) is 4.52. The van der Waals surface area contributed by atoms with Crippen LogP contribution in [0.4, 0.5) is 10.8 Å². The molecule has 4 aromatic carbocycles. The number of hydrogen-bond donors (Lipinski definition) is 3. The van der Waals surface area contributed by atoms with E-state index in [2.05, 4.69) is 20.9 Å². The number of nitrogens with one attached hydrogen (secondary N) is 3. The Kier molecular flexibility index (Phi) is 10.4. The lowest BCUT2D eigenvalue weighted by atomic mass is 10.1. The van der Waals surface area contributed by atoms with Crippen molar-refractivity contribution in [3.8, 4) is 11.5 Å². The zero-order valence-corrected chi connectivity index (χ0v) is 27.3. The van der Waals surface area contributed by atoms with E-state index in [0.29, 0.717) is 33.4 Å². The summed E-state index contributed by atoms with van der Waals surface area (Å²) >= 11 is 2.78. The average Bonchev–Trinajstić information content (AvgIpc) is 3.45. The number of methoxy groups -OCH3 is 2. The molecule has 46 heavy (non-hydrogen) atoms. The number of thioether (sulfide) groups is 1. The van der Waals surface area contributed by atoms with E-state index in [9.17, 15) is 14.4 Å². The van der Waals surface area contributed by atoms with E-state index in [1.165, 1.54) is 43.4 Å². The number of rotatable bonds is 11. The molecule has 0 aliphatic carbocycles. The number of ether oxygens (including phenoxy) is 2. The molecule has 1 atom stereocenters. The van der Waals surface area contributed by atoms with Crippen molar-refractivity contribution < 1.29 is 23.9 Å². The normalized spacial score (nSPS) is 11.9. The molecule has 1 heterocycles. The third-order valence-electron chi connectivity index (χ3n) is 6.81. The van der Waals surface area contributed by atoms with Gasteiger partial charge in [0.2, 0.25) is 5.91 Å². The Labute approximate surface area is 275 Å². The number of aromatic nitrogens is 1. The maximum Gasteiger partial charge on any atom is 0.272 e. The van der Waals surface area contributed by atoms with E-state index in [1.54, 1.807) is 66.7 Å². The number of thiazole rings is 1. The molecular weight excluding hydrogens is 621 g/mol. The molecule has 234 valence electrons. The number of hydrogen-bond acceptors (Lipinski definition) is 8. The Morgan fingerprint density at radius 1 is 0.891 bits per heavy atom. The lowest BCUT2D eigenvalue weighted by Crippen LogP contribution is -2.30. The SMILES string of the molecule is COc1cccc(/C=C(/NC(=O)c2ccccc2)C(=O)Nc2cccc(SC(C)C(=O)Nc3nc4ccc(C)cc4s3)c2)c1OC. The van der Waals surface area contributed by atoms with E-state index < -0.39 is 17.1 Å². The third kappa shape index (κ3) is 7.92. The summed E-state index contributed by atoms with van der Waals surface area (Å²) in [6.45, 7) is 3.83. The van der Waals surface area contributed by atoms with Gasteiger partial charge in [0.1, 0.15) is 5.70 Å². The van der Waals surface area contributed by atoms with Crippen molar-refractivity contribution >= 4 is 67.9 Å². The summed E-state index contributed by atoms with van der Waals surface area (Å²) in [6, 6.07) is 27.0. The van der Waals surface area contributed by atoms with Crippen molar-refractivity contribution in [3.63, 3.8) is 0 Å². The number of carbonyl (C=O) groups is 3. The highest BCUT2D eigenvalue weighted by atomic mass is 32.2. The van der Waals surface area contributed by atoms with Crippen LogP contribution in [0, 0.1) is 6.92 Å². The van der Waals surface area contributed by atoms with Crippen molar-refractivity contribution in [2.75, 3.05) is 24.9 Å². The highest BCUT2D eigenvalue weighted by molar-refractivity contribution is 8.00. The summed E-state index contributed by atoms with van der Waals surface area (Å²) in [5.41, 5.74) is 3.39. The van der Waals surface area contributed by atoms with Gasteiger partial charge >= 0.3 is 0 Å². The minimum Gasteiger partial charge on any atom is -0.493 e. The second kappa shape index (κ2) is 14.8. The largest absolute Gasteiger partial charge is 0.493 e. The van der Waals surface area contributed by atoms with Gasteiger partial charge in [-0.15, -0.1) is 11.8 Å². The van der Waals surface area contributed by atoms with E-state index in [1.807, 2.05) is 38.1 Å². The first-order valence-electron chi connectivity index (χ1n) is 14.3. The molecule has 0 saturated heterocycles. The van der Waals surface area contributed by atoms with Crippen LogP contribution in [0.5, 0.6) is 11.5 Å². The number of para-hydroxylation sites is 1. The summed E-state index contributed by atoms with van der Waals surface area (Å²) in [6.07, 6.45) is 1.53. The Hall–Kier alpha value is -5.13. The standard InChI is InChI=1S/C35H32N4O5S2/c1-21-16-17-27-30(18-21)46-35(38-27)39-32(40)22(2)45-26-14-9-13-25(20-26)36-34(42)28(37-33(41)23-10-6-5-7-11-23)19-24-12-8-15-29(43-3)31(24)44-4/h5-20,22H,1-4H3,(H,36,42)(H,37,41)(H,38,39,40)/b28-19+. The maximum absolute atomic E-state index is 13.6. The topological polar surface area (TPSA) is 119 Å². The van der Waals surface area contributed by atoms with Gasteiger partial charge < -0.3 is 25.4 Å². The quantitative estimate of drug-likeness (QED) is 0.102. The van der Waals surface area contributed by atoms with Crippen LogP contribution in [0.3, 0.4) is 0 Å². The van der Waals surface area contributed by atoms with E-state index >= 15 is 0 Å². The number of aryl methyl sites for hydroxylation is 1. The Balaban J connectivity index is 1.32. The molecular formula is C35H32N4O5S2. The van der Waals surface area contributed by atoms with Crippen LogP contribution in [0.25, 0.3) is 16.3 Å². The number of anilines is 2. The first kappa shape index (κ1) is 32.3. The minimum atomic E-state index is -0.548. The average molecular weight is 653 g/mol. The molecule has 5 rings (SSSR count). The summed E-state index contributed by atoms with van der Waals surface area (Å²) in [5.74, 6) is -0.289. The molecule has 1 aromatic heterocycles. The first-order chi connectivity index (χ1) is 22.2. The van der Waals surface area contributed by atoms with Crippen LogP contribution in [0.2, 0.25) is 0 Å². The predicted molar refractivity (Wildman–Crippen MR) is 185 cm³/mol.